The van der Waals surface area contributed by atoms with Crippen LogP contribution in [-0.2, 0) is 0 Å². The second-order valence-electron chi connectivity index (χ2n) is 2.90. The van der Waals surface area contributed by atoms with Crippen LogP contribution in [0.5, 0.6) is 0 Å². The molecule has 0 aromatic rings. The average molecular weight is 137 g/mol. The molecule has 10 heavy (non-hydrogen) atoms. The van der Waals surface area contributed by atoms with Gasteiger partial charge in [0.15, 0.2) is 0 Å². The summed E-state index contributed by atoms with van der Waals surface area (Å²) in [6.45, 7) is 8.06. The molecule has 56 valence electrons. The molecule has 1 heterocycles. The number of rotatable bonds is 1. The minimum atomic E-state index is 0.700. The van der Waals surface area contributed by atoms with Crippen LogP contribution in [-0.4, -0.2) is 13.1 Å². The Balaban J connectivity index is 2.46. The largest absolute Gasteiger partial charge is 0.316 e. The van der Waals surface area contributed by atoms with Crippen molar-refractivity contribution in [3.63, 3.8) is 0 Å². The molecule has 0 amide bonds. The third kappa shape index (κ3) is 1.73. The van der Waals surface area contributed by atoms with Gasteiger partial charge in [-0.1, -0.05) is 6.58 Å². The molecule has 1 nitrogen and oxygen atoms in total. The predicted octanol–water partition coefficient (Wildman–Crippen LogP) is 1.72. The molecule has 0 bridgehead atoms. The second kappa shape index (κ2) is 3.60. The maximum absolute atomic E-state index is 3.65. The summed E-state index contributed by atoms with van der Waals surface area (Å²) in [5.41, 5.74) is 4.27. The fourth-order valence-electron chi connectivity index (χ4n) is 1.37. The van der Waals surface area contributed by atoms with Crippen LogP contribution < -0.4 is 5.32 Å². The van der Waals surface area contributed by atoms with Crippen LogP contribution in [0, 0.1) is 5.92 Å². The highest BCUT2D eigenvalue weighted by Crippen LogP contribution is 2.17. The molecule has 0 saturated carbocycles. The van der Waals surface area contributed by atoms with Gasteiger partial charge in [0.25, 0.3) is 0 Å². The van der Waals surface area contributed by atoms with Crippen molar-refractivity contribution in [1.82, 2.24) is 5.32 Å². The Labute approximate surface area is 62.8 Å². The van der Waals surface area contributed by atoms with Crippen molar-refractivity contribution in [3.05, 3.63) is 17.9 Å². The molecule has 1 fully saturated rings. The molecule has 0 aliphatic carbocycles. The molecule has 1 unspecified atom stereocenters. The van der Waals surface area contributed by atoms with E-state index in [9.17, 15) is 0 Å². The van der Waals surface area contributed by atoms with E-state index in [0.717, 1.165) is 6.54 Å². The van der Waals surface area contributed by atoms with Crippen LogP contribution in [0.2, 0.25) is 0 Å². The summed E-state index contributed by atoms with van der Waals surface area (Å²) in [7, 11) is 0. The Morgan fingerprint density at radius 3 is 3.00 bits per heavy atom. The molecule has 0 aromatic heterocycles. The lowest BCUT2D eigenvalue weighted by atomic mass is 9.93. The van der Waals surface area contributed by atoms with Gasteiger partial charge in [-0.3, -0.25) is 0 Å². The highest BCUT2D eigenvalue weighted by molar-refractivity contribution is 5.02. The topological polar surface area (TPSA) is 12.0 Å². The first-order valence-electron chi connectivity index (χ1n) is 3.92. The van der Waals surface area contributed by atoms with Gasteiger partial charge in [0.05, 0.1) is 0 Å². The van der Waals surface area contributed by atoms with Crippen molar-refractivity contribution >= 4 is 0 Å². The lowest BCUT2D eigenvalue weighted by Crippen LogP contribution is -2.30. The van der Waals surface area contributed by atoms with Gasteiger partial charge in [0.2, 0.25) is 0 Å². The first-order valence-corrected chi connectivity index (χ1v) is 3.92. The SMILES string of the molecule is C=C=C(C)C1CCCNC1. The Morgan fingerprint density at radius 1 is 1.70 bits per heavy atom. The first-order chi connectivity index (χ1) is 4.84. The summed E-state index contributed by atoms with van der Waals surface area (Å²) in [5.74, 6) is 0.700. The van der Waals surface area contributed by atoms with Gasteiger partial charge >= 0.3 is 0 Å². The van der Waals surface area contributed by atoms with E-state index in [-0.39, 0.29) is 0 Å². The molecule has 1 rings (SSSR count). The van der Waals surface area contributed by atoms with Gasteiger partial charge in [-0.15, -0.1) is 5.73 Å². The summed E-state index contributed by atoms with van der Waals surface area (Å²) in [6, 6.07) is 0. The number of nitrogens with one attached hydrogen (secondary N) is 1. The zero-order valence-electron chi connectivity index (χ0n) is 6.61. The molecule has 0 spiro atoms. The molecular formula is C9H15N. The predicted molar refractivity (Wildman–Crippen MR) is 43.9 cm³/mol. The minimum Gasteiger partial charge on any atom is -0.316 e. The molecule has 1 heteroatoms. The molecule has 1 saturated heterocycles. The van der Waals surface area contributed by atoms with Gasteiger partial charge < -0.3 is 5.32 Å². The highest BCUT2D eigenvalue weighted by atomic mass is 14.9. The van der Waals surface area contributed by atoms with E-state index in [1.165, 1.54) is 25.0 Å². The van der Waals surface area contributed by atoms with Crippen LogP contribution in [0.3, 0.4) is 0 Å². The summed E-state index contributed by atoms with van der Waals surface area (Å²) in [4.78, 5) is 0. The van der Waals surface area contributed by atoms with E-state index in [0.29, 0.717) is 5.92 Å². The lowest BCUT2D eigenvalue weighted by molar-refractivity contribution is 0.422. The Morgan fingerprint density at radius 2 is 2.50 bits per heavy atom. The normalized spacial score (nSPS) is 25.5. The zero-order valence-corrected chi connectivity index (χ0v) is 6.61. The fraction of sp³-hybridized carbons (Fsp3) is 0.667. The van der Waals surface area contributed by atoms with Gasteiger partial charge in [-0.2, -0.15) is 0 Å². The van der Waals surface area contributed by atoms with Gasteiger partial charge in [-0.05, 0) is 37.8 Å². The molecule has 0 radical (unpaired) electrons. The average Bonchev–Trinajstić information content (AvgIpc) is 2.05. The first kappa shape index (κ1) is 7.59. The van der Waals surface area contributed by atoms with Gasteiger partial charge in [0.1, 0.15) is 0 Å². The molecule has 1 atom stereocenters. The Kier molecular flexibility index (Phi) is 2.73. The van der Waals surface area contributed by atoms with E-state index < -0.39 is 0 Å². The third-order valence-electron chi connectivity index (χ3n) is 2.19. The van der Waals surface area contributed by atoms with E-state index in [1.807, 2.05) is 0 Å². The summed E-state index contributed by atoms with van der Waals surface area (Å²) in [5, 5.41) is 3.36. The van der Waals surface area contributed by atoms with E-state index >= 15 is 0 Å². The molecule has 1 N–H and O–H groups in total. The van der Waals surface area contributed by atoms with Crippen molar-refractivity contribution in [3.8, 4) is 0 Å². The smallest absolute Gasteiger partial charge is 0.00229 e. The van der Waals surface area contributed by atoms with Crippen LogP contribution in [0.25, 0.3) is 0 Å². The second-order valence-corrected chi connectivity index (χ2v) is 2.90. The summed E-state index contributed by atoms with van der Waals surface area (Å²) >= 11 is 0. The third-order valence-corrected chi connectivity index (χ3v) is 2.19. The molecular weight excluding hydrogens is 122 g/mol. The van der Waals surface area contributed by atoms with Gasteiger partial charge in [0, 0.05) is 6.54 Å². The van der Waals surface area contributed by atoms with E-state index in [2.05, 4.69) is 24.6 Å². The maximum atomic E-state index is 3.65. The van der Waals surface area contributed by atoms with Crippen LogP contribution in [0.1, 0.15) is 19.8 Å². The standard InChI is InChI=1S/C9H15N/c1-3-8(2)9-5-4-6-10-7-9/h9-10H,1,4-7H2,2H3. The zero-order chi connectivity index (χ0) is 7.40. The molecule has 1 aliphatic heterocycles. The summed E-state index contributed by atoms with van der Waals surface area (Å²) < 4.78 is 0. The van der Waals surface area contributed by atoms with Crippen molar-refractivity contribution in [1.29, 1.82) is 0 Å². The quantitative estimate of drug-likeness (QED) is 0.543. The molecule has 1 aliphatic rings. The minimum absolute atomic E-state index is 0.700. The van der Waals surface area contributed by atoms with E-state index in [1.54, 1.807) is 0 Å². The number of hydrogen-bond acceptors (Lipinski definition) is 1. The van der Waals surface area contributed by atoms with Crippen molar-refractivity contribution < 1.29 is 0 Å². The monoisotopic (exact) mass is 137 g/mol. The number of hydrogen-bond donors (Lipinski definition) is 1. The van der Waals surface area contributed by atoms with Crippen molar-refractivity contribution in [2.75, 3.05) is 13.1 Å². The van der Waals surface area contributed by atoms with Crippen LogP contribution in [0.4, 0.5) is 0 Å². The van der Waals surface area contributed by atoms with Crippen molar-refractivity contribution in [2.45, 2.75) is 19.8 Å². The fourth-order valence-corrected chi connectivity index (χ4v) is 1.37. The summed E-state index contributed by atoms with van der Waals surface area (Å²) in [6.07, 6.45) is 2.60. The maximum Gasteiger partial charge on any atom is 0.00229 e. The number of piperidine rings is 1. The lowest BCUT2D eigenvalue weighted by Gasteiger charge is -2.22. The Bertz CT molecular complexity index is 148. The highest BCUT2D eigenvalue weighted by Gasteiger charge is 2.13. The van der Waals surface area contributed by atoms with E-state index in [4.69, 9.17) is 0 Å². The van der Waals surface area contributed by atoms with Crippen LogP contribution >= 0.6 is 0 Å². The molecule has 0 aromatic carbocycles. The van der Waals surface area contributed by atoms with Gasteiger partial charge in [-0.25, -0.2) is 0 Å². The Hall–Kier alpha value is -0.520. The van der Waals surface area contributed by atoms with Crippen LogP contribution in [0.15, 0.2) is 17.9 Å². The van der Waals surface area contributed by atoms with Crippen molar-refractivity contribution in [2.24, 2.45) is 5.92 Å².